The Labute approximate surface area is 184 Å². The molecule has 3 aliphatic rings. The summed E-state index contributed by atoms with van der Waals surface area (Å²) < 4.78 is 34.9. The smallest absolute Gasteiger partial charge is 0.335 e. The van der Waals surface area contributed by atoms with Gasteiger partial charge in [-0.1, -0.05) is 12.8 Å². The SMILES string of the molecule is COc1cc(C(=O)O)ccc1NC1=NC2C(C=N1)N(C)C(O)C(F)(F)CN2C1CCCC1. The van der Waals surface area contributed by atoms with E-state index in [1.807, 2.05) is 0 Å². The van der Waals surface area contributed by atoms with Crippen molar-refractivity contribution in [2.45, 2.75) is 56.1 Å². The first kappa shape index (κ1) is 22.6. The van der Waals surface area contributed by atoms with Crippen LogP contribution in [-0.4, -0.2) is 89.3 Å². The molecule has 1 saturated heterocycles. The number of fused-ring (bicyclic) bond motifs is 1. The van der Waals surface area contributed by atoms with E-state index in [2.05, 4.69) is 15.3 Å². The molecular weight excluding hydrogens is 424 g/mol. The number of hydrogen-bond acceptors (Lipinski definition) is 8. The number of nitrogens with one attached hydrogen (secondary N) is 1. The molecule has 0 radical (unpaired) electrons. The van der Waals surface area contributed by atoms with Crippen LogP contribution in [0.2, 0.25) is 0 Å². The number of rotatable bonds is 4. The van der Waals surface area contributed by atoms with E-state index in [0.29, 0.717) is 5.69 Å². The number of halogens is 2. The summed E-state index contributed by atoms with van der Waals surface area (Å²) in [4.78, 5) is 23.1. The quantitative estimate of drug-likeness (QED) is 0.643. The summed E-state index contributed by atoms with van der Waals surface area (Å²) in [6.45, 7) is -0.592. The predicted octanol–water partition coefficient (Wildman–Crippen LogP) is 2.08. The number of aliphatic hydroxyl groups is 1. The lowest BCUT2D eigenvalue weighted by Crippen LogP contribution is -2.54. The summed E-state index contributed by atoms with van der Waals surface area (Å²) in [5.74, 6) is -3.92. The number of likely N-dealkylation sites (N-methyl/N-ethyl adjacent to an activating group) is 1. The van der Waals surface area contributed by atoms with E-state index in [0.717, 1.165) is 25.7 Å². The minimum atomic E-state index is -3.32. The summed E-state index contributed by atoms with van der Waals surface area (Å²) in [6.07, 6.45) is 2.47. The Balaban J connectivity index is 1.66. The Morgan fingerprint density at radius 2 is 2.03 bits per heavy atom. The van der Waals surface area contributed by atoms with Gasteiger partial charge in [0.15, 0.2) is 6.23 Å². The third-order valence-corrected chi connectivity index (χ3v) is 6.37. The van der Waals surface area contributed by atoms with E-state index >= 15 is 0 Å². The van der Waals surface area contributed by atoms with Gasteiger partial charge >= 0.3 is 5.97 Å². The van der Waals surface area contributed by atoms with Gasteiger partial charge in [-0.15, -0.1) is 0 Å². The number of nitrogens with zero attached hydrogens (tertiary/aromatic N) is 4. The second-order valence-electron chi connectivity index (χ2n) is 8.39. The molecule has 1 aliphatic carbocycles. The van der Waals surface area contributed by atoms with Crippen LogP contribution in [0.3, 0.4) is 0 Å². The number of ether oxygens (including phenoxy) is 1. The van der Waals surface area contributed by atoms with E-state index in [9.17, 15) is 23.8 Å². The maximum absolute atomic E-state index is 14.8. The molecule has 11 heteroatoms. The molecule has 0 spiro atoms. The van der Waals surface area contributed by atoms with Crippen molar-refractivity contribution < 1.29 is 28.5 Å². The molecule has 0 aromatic heterocycles. The van der Waals surface area contributed by atoms with Crippen molar-refractivity contribution in [1.29, 1.82) is 0 Å². The molecule has 32 heavy (non-hydrogen) atoms. The van der Waals surface area contributed by atoms with Gasteiger partial charge in [-0.3, -0.25) is 9.80 Å². The number of aliphatic hydroxyl groups excluding tert-OH is 1. The van der Waals surface area contributed by atoms with Gasteiger partial charge in [0.1, 0.15) is 11.9 Å². The highest BCUT2D eigenvalue weighted by Gasteiger charge is 2.53. The van der Waals surface area contributed by atoms with Crippen molar-refractivity contribution in [3.05, 3.63) is 23.8 Å². The fraction of sp³-hybridized carbons (Fsp3) is 0.571. The van der Waals surface area contributed by atoms with Crippen molar-refractivity contribution >= 4 is 23.8 Å². The minimum Gasteiger partial charge on any atom is -0.495 e. The number of carboxylic acid groups (broad SMARTS) is 1. The van der Waals surface area contributed by atoms with Gasteiger partial charge in [-0.05, 0) is 38.1 Å². The molecule has 0 bridgehead atoms. The van der Waals surface area contributed by atoms with E-state index in [1.54, 1.807) is 4.90 Å². The standard InChI is InChI=1S/C21H27F2N5O4/c1-27-15-10-24-20(25-14-8-7-12(18(29)30)9-16(14)32-2)26-17(15)28(13-5-3-4-6-13)11-21(22,23)19(27)31/h7-10,13,15,17,19,31H,3-6,11H2,1-2H3,(H,25,26)(H,29,30). The van der Waals surface area contributed by atoms with Gasteiger partial charge in [-0.2, -0.15) is 0 Å². The largest absolute Gasteiger partial charge is 0.495 e. The number of aliphatic imine (C=N–C) groups is 2. The number of guanidine groups is 1. The summed E-state index contributed by atoms with van der Waals surface area (Å²) in [5, 5.41) is 22.5. The number of anilines is 1. The molecule has 174 valence electrons. The van der Waals surface area contributed by atoms with Crippen LogP contribution in [-0.2, 0) is 0 Å². The third kappa shape index (κ3) is 4.19. The fourth-order valence-electron chi connectivity index (χ4n) is 4.62. The zero-order chi connectivity index (χ0) is 23.0. The van der Waals surface area contributed by atoms with E-state index in [1.165, 1.54) is 43.5 Å². The van der Waals surface area contributed by atoms with Gasteiger partial charge < -0.3 is 20.3 Å². The Kier molecular flexibility index (Phi) is 6.15. The highest BCUT2D eigenvalue weighted by atomic mass is 19.3. The van der Waals surface area contributed by atoms with Gasteiger partial charge in [-0.25, -0.2) is 23.6 Å². The number of aromatic carboxylic acids is 1. The highest BCUT2D eigenvalue weighted by Crippen LogP contribution is 2.36. The molecule has 4 rings (SSSR count). The number of methoxy groups -OCH3 is 1. The summed E-state index contributed by atoms with van der Waals surface area (Å²) in [7, 11) is 2.86. The van der Waals surface area contributed by atoms with Crippen LogP contribution < -0.4 is 10.1 Å². The molecule has 1 saturated carbocycles. The van der Waals surface area contributed by atoms with Gasteiger partial charge in [0.05, 0.1) is 30.9 Å². The van der Waals surface area contributed by atoms with Crippen molar-refractivity contribution in [3.8, 4) is 5.75 Å². The van der Waals surface area contributed by atoms with Crippen molar-refractivity contribution in [2.24, 2.45) is 9.98 Å². The first-order valence-electron chi connectivity index (χ1n) is 10.5. The molecule has 3 atom stereocenters. The van der Waals surface area contributed by atoms with Crippen LogP contribution in [0.15, 0.2) is 28.2 Å². The highest BCUT2D eigenvalue weighted by molar-refractivity contribution is 6.02. The summed E-state index contributed by atoms with van der Waals surface area (Å²) >= 11 is 0. The zero-order valence-corrected chi connectivity index (χ0v) is 17.9. The summed E-state index contributed by atoms with van der Waals surface area (Å²) in [5.41, 5.74) is 0.516. The van der Waals surface area contributed by atoms with E-state index < -0.39 is 36.9 Å². The second kappa shape index (κ2) is 8.72. The van der Waals surface area contributed by atoms with Gasteiger partial charge in [0.2, 0.25) is 5.96 Å². The first-order chi connectivity index (χ1) is 15.2. The average Bonchev–Trinajstić information content (AvgIpc) is 3.29. The van der Waals surface area contributed by atoms with Crippen LogP contribution >= 0.6 is 0 Å². The number of carbonyl (C=O) groups is 1. The molecule has 0 amide bonds. The average molecular weight is 451 g/mol. The Morgan fingerprint density at radius 3 is 2.69 bits per heavy atom. The third-order valence-electron chi connectivity index (χ3n) is 6.37. The zero-order valence-electron chi connectivity index (χ0n) is 17.9. The Bertz CT molecular complexity index is 935. The van der Waals surface area contributed by atoms with E-state index in [-0.39, 0.29) is 23.3 Å². The number of benzene rings is 1. The number of carboxylic acids is 1. The van der Waals surface area contributed by atoms with Crippen LogP contribution in [0.1, 0.15) is 36.0 Å². The monoisotopic (exact) mass is 451 g/mol. The Hall–Kier alpha value is -2.63. The maximum Gasteiger partial charge on any atom is 0.335 e. The first-order valence-corrected chi connectivity index (χ1v) is 10.5. The van der Waals surface area contributed by atoms with Crippen LogP contribution in [0, 0.1) is 0 Å². The molecule has 1 aromatic carbocycles. The normalized spacial score (nSPS) is 28.7. The fourth-order valence-corrected chi connectivity index (χ4v) is 4.62. The molecule has 2 heterocycles. The second-order valence-corrected chi connectivity index (χ2v) is 8.39. The van der Waals surface area contributed by atoms with E-state index in [4.69, 9.17) is 4.74 Å². The van der Waals surface area contributed by atoms with Crippen molar-refractivity contribution in [2.75, 3.05) is 26.0 Å². The number of alkyl halides is 2. The summed E-state index contributed by atoms with van der Waals surface area (Å²) in [6, 6.07) is 3.67. The lowest BCUT2D eigenvalue weighted by atomic mass is 10.1. The Morgan fingerprint density at radius 1 is 1.31 bits per heavy atom. The molecule has 3 unspecified atom stereocenters. The van der Waals surface area contributed by atoms with Crippen molar-refractivity contribution in [3.63, 3.8) is 0 Å². The van der Waals surface area contributed by atoms with Crippen LogP contribution in [0.5, 0.6) is 5.75 Å². The minimum absolute atomic E-state index is 0.0482. The predicted molar refractivity (Wildman–Crippen MR) is 115 cm³/mol. The lowest BCUT2D eigenvalue weighted by molar-refractivity contribution is -0.168. The van der Waals surface area contributed by atoms with Gasteiger partial charge in [0, 0.05) is 12.3 Å². The molecule has 2 fully saturated rings. The molecular formula is C21H27F2N5O4. The molecule has 3 N–H and O–H groups in total. The molecule has 2 aliphatic heterocycles. The topological polar surface area (TPSA) is 110 Å². The molecule has 9 nitrogen and oxygen atoms in total. The van der Waals surface area contributed by atoms with Crippen LogP contribution in [0.4, 0.5) is 14.5 Å². The maximum atomic E-state index is 14.8. The lowest BCUT2D eigenvalue weighted by Gasteiger charge is -2.38. The van der Waals surface area contributed by atoms with Crippen molar-refractivity contribution in [1.82, 2.24) is 9.80 Å². The number of hydrogen-bond donors (Lipinski definition) is 3. The molecule has 1 aromatic rings. The van der Waals surface area contributed by atoms with Crippen LogP contribution in [0.25, 0.3) is 0 Å². The van der Waals surface area contributed by atoms with Gasteiger partial charge in [0.25, 0.3) is 5.92 Å².